The zero-order chi connectivity index (χ0) is 17.2. The van der Waals surface area contributed by atoms with Gasteiger partial charge in [-0.15, -0.1) is 5.10 Å². The Morgan fingerprint density at radius 2 is 1.80 bits per heavy atom. The molecular weight excluding hydrogens is 320 g/mol. The molecule has 0 aliphatic rings. The van der Waals surface area contributed by atoms with Gasteiger partial charge in [-0.3, -0.25) is 9.36 Å². The van der Waals surface area contributed by atoms with Gasteiger partial charge in [0.1, 0.15) is 5.82 Å². The Hall–Kier alpha value is -3.48. The monoisotopic (exact) mass is 334 g/mol. The van der Waals surface area contributed by atoms with Crippen molar-refractivity contribution in [2.75, 3.05) is 0 Å². The molecule has 0 saturated carbocycles. The van der Waals surface area contributed by atoms with E-state index in [0.29, 0.717) is 22.6 Å². The second-order valence-electron chi connectivity index (χ2n) is 5.44. The summed E-state index contributed by atoms with van der Waals surface area (Å²) in [6.07, 6.45) is 0.0289. The van der Waals surface area contributed by atoms with Crippen molar-refractivity contribution in [1.29, 1.82) is 0 Å². The SMILES string of the molecule is Cn1c(COc2nnc(-c3ccccc3)o2)nc2ccccc2c1=O. The highest BCUT2D eigenvalue weighted by molar-refractivity contribution is 5.77. The molecule has 0 amide bonds. The molecule has 2 heterocycles. The molecule has 2 aromatic carbocycles. The van der Waals surface area contributed by atoms with Crippen LogP contribution >= 0.6 is 0 Å². The van der Waals surface area contributed by atoms with Crippen LogP contribution in [0, 0.1) is 0 Å². The number of benzene rings is 2. The molecule has 0 saturated heterocycles. The number of para-hydroxylation sites is 1. The van der Waals surface area contributed by atoms with Gasteiger partial charge in [0.05, 0.1) is 10.9 Å². The lowest BCUT2D eigenvalue weighted by atomic mass is 10.2. The number of rotatable bonds is 4. The number of nitrogens with zero attached hydrogens (tertiary/aromatic N) is 4. The summed E-state index contributed by atoms with van der Waals surface area (Å²) >= 11 is 0. The molecular formula is C18H14N4O3. The molecule has 7 nitrogen and oxygen atoms in total. The first-order chi connectivity index (χ1) is 12.2. The Kier molecular flexibility index (Phi) is 3.74. The summed E-state index contributed by atoms with van der Waals surface area (Å²) in [5.41, 5.74) is 1.31. The highest BCUT2D eigenvalue weighted by Gasteiger charge is 2.12. The van der Waals surface area contributed by atoms with E-state index >= 15 is 0 Å². The average molecular weight is 334 g/mol. The smallest absolute Gasteiger partial charge is 0.415 e. The van der Waals surface area contributed by atoms with E-state index < -0.39 is 0 Å². The van der Waals surface area contributed by atoms with Crippen LogP contribution in [0.2, 0.25) is 0 Å². The third-order valence-electron chi connectivity index (χ3n) is 3.83. The third kappa shape index (κ3) is 2.87. The Bertz CT molecular complexity index is 1090. The van der Waals surface area contributed by atoms with E-state index in [9.17, 15) is 4.79 Å². The quantitative estimate of drug-likeness (QED) is 0.570. The van der Waals surface area contributed by atoms with Gasteiger partial charge in [0.15, 0.2) is 6.61 Å². The lowest BCUT2D eigenvalue weighted by molar-refractivity contribution is 0.212. The van der Waals surface area contributed by atoms with Gasteiger partial charge >= 0.3 is 6.08 Å². The molecule has 7 heteroatoms. The third-order valence-corrected chi connectivity index (χ3v) is 3.83. The van der Waals surface area contributed by atoms with E-state index in [1.165, 1.54) is 4.57 Å². The fourth-order valence-corrected chi connectivity index (χ4v) is 2.48. The highest BCUT2D eigenvalue weighted by atomic mass is 16.6. The van der Waals surface area contributed by atoms with Gasteiger partial charge in [-0.2, -0.15) is 0 Å². The summed E-state index contributed by atoms with van der Waals surface area (Å²) in [7, 11) is 1.66. The van der Waals surface area contributed by atoms with Crippen molar-refractivity contribution in [2.24, 2.45) is 7.05 Å². The van der Waals surface area contributed by atoms with Crippen LogP contribution in [0.1, 0.15) is 5.82 Å². The summed E-state index contributed by atoms with van der Waals surface area (Å²) in [6, 6.07) is 16.6. The molecule has 0 radical (unpaired) electrons. The first-order valence-electron chi connectivity index (χ1n) is 7.69. The summed E-state index contributed by atoms with van der Waals surface area (Å²) < 4.78 is 12.5. The Balaban J connectivity index is 1.58. The van der Waals surface area contributed by atoms with Crippen molar-refractivity contribution in [2.45, 2.75) is 6.61 Å². The molecule has 4 aromatic rings. The first kappa shape index (κ1) is 15.1. The Labute approximate surface area is 142 Å². The number of fused-ring (bicyclic) bond motifs is 1. The number of hydrogen-bond donors (Lipinski definition) is 0. The first-order valence-corrected chi connectivity index (χ1v) is 7.69. The maximum atomic E-state index is 12.4. The second kappa shape index (κ2) is 6.20. The molecule has 0 aliphatic carbocycles. The number of ether oxygens (including phenoxy) is 1. The predicted octanol–water partition coefficient (Wildman–Crippen LogP) is 2.56. The molecule has 0 unspecified atom stereocenters. The molecule has 0 aliphatic heterocycles. The topological polar surface area (TPSA) is 83.0 Å². The van der Waals surface area contributed by atoms with Crippen LogP contribution in [-0.2, 0) is 13.7 Å². The van der Waals surface area contributed by atoms with Gasteiger partial charge in [0.2, 0.25) is 0 Å². The van der Waals surface area contributed by atoms with Crippen LogP contribution in [-0.4, -0.2) is 19.7 Å². The normalized spacial score (nSPS) is 10.9. The van der Waals surface area contributed by atoms with Gasteiger partial charge in [0.25, 0.3) is 11.4 Å². The van der Waals surface area contributed by atoms with Crippen molar-refractivity contribution in [3.63, 3.8) is 0 Å². The molecule has 2 aromatic heterocycles. The van der Waals surface area contributed by atoms with Crippen LogP contribution in [0.25, 0.3) is 22.4 Å². The number of aromatic nitrogens is 4. The average Bonchev–Trinajstić information content (AvgIpc) is 3.13. The van der Waals surface area contributed by atoms with Crippen molar-refractivity contribution in [1.82, 2.24) is 19.7 Å². The van der Waals surface area contributed by atoms with Crippen molar-refractivity contribution in [3.05, 3.63) is 70.8 Å². The van der Waals surface area contributed by atoms with E-state index in [0.717, 1.165) is 5.56 Å². The second-order valence-corrected chi connectivity index (χ2v) is 5.44. The minimum Gasteiger partial charge on any atom is -0.441 e. The standard InChI is InChI=1S/C18H14N4O3/c1-22-15(19-14-10-6-5-9-13(14)17(22)23)11-24-18-21-20-16(25-18)12-7-3-2-4-8-12/h2-10H,11H2,1H3. The molecule has 0 fully saturated rings. The van der Waals surface area contributed by atoms with E-state index in [4.69, 9.17) is 9.15 Å². The molecule has 0 bridgehead atoms. The van der Waals surface area contributed by atoms with Gasteiger partial charge in [-0.05, 0) is 24.3 Å². The van der Waals surface area contributed by atoms with Gasteiger partial charge in [0, 0.05) is 12.6 Å². The lowest BCUT2D eigenvalue weighted by Crippen LogP contribution is -2.23. The van der Waals surface area contributed by atoms with E-state index in [1.54, 1.807) is 19.2 Å². The summed E-state index contributed by atoms with van der Waals surface area (Å²) in [5.74, 6) is 0.846. The maximum Gasteiger partial charge on any atom is 0.415 e. The minimum absolute atomic E-state index is 0.0289. The molecule has 0 spiro atoms. The zero-order valence-electron chi connectivity index (χ0n) is 13.4. The van der Waals surface area contributed by atoms with Crippen LogP contribution in [0.4, 0.5) is 0 Å². The Morgan fingerprint density at radius 1 is 1.04 bits per heavy atom. The fraction of sp³-hybridized carbons (Fsp3) is 0.111. The van der Waals surface area contributed by atoms with Gasteiger partial charge in [-0.1, -0.05) is 35.4 Å². The summed E-state index contributed by atoms with van der Waals surface area (Å²) in [6.45, 7) is 0.0486. The van der Waals surface area contributed by atoms with Crippen LogP contribution in [0.5, 0.6) is 6.08 Å². The molecule has 124 valence electrons. The van der Waals surface area contributed by atoms with E-state index in [1.807, 2.05) is 42.5 Å². The van der Waals surface area contributed by atoms with E-state index in [-0.39, 0.29) is 18.2 Å². The van der Waals surface area contributed by atoms with Crippen molar-refractivity contribution < 1.29 is 9.15 Å². The van der Waals surface area contributed by atoms with Crippen LogP contribution in [0.15, 0.2) is 63.8 Å². The summed E-state index contributed by atoms with van der Waals surface area (Å²) in [4.78, 5) is 16.8. The van der Waals surface area contributed by atoms with Crippen LogP contribution in [0.3, 0.4) is 0 Å². The predicted molar refractivity (Wildman–Crippen MR) is 91.1 cm³/mol. The van der Waals surface area contributed by atoms with Gasteiger partial charge in [-0.25, -0.2) is 4.98 Å². The van der Waals surface area contributed by atoms with Gasteiger partial charge < -0.3 is 9.15 Å². The Morgan fingerprint density at radius 3 is 2.64 bits per heavy atom. The van der Waals surface area contributed by atoms with Crippen molar-refractivity contribution in [3.8, 4) is 17.5 Å². The molecule has 25 heavy (non-hydrogen) atoms. The lowest BCUT2D eigenvalue weighted by Gasteiger charge is -2.08. The number of hydrogen-bond acceptors (Lipinski definition) is 6. The largest absolute Gasteiger partial charge is 0.441 e. The van der Waals surface area contributed by atoms with Crippen molar-refractivity contribution >= 4 is 10.9 Å². The molecule has 0 atom stereocenters. The minimum atomic E-state index is -0.125. The fourth-order valence-electron chi connectivity index (χ4n) is 2.48. The summed E-state index contributed by atoms with van der Waals surface area (Å²) in [5, 5.41) is 8.39. The zero-order valence-corrected chi connectivity index (χ0v) is 13.4. The van der Waals surface area contributed by atoms with Crippen LogP contribution < -0.4 is 10.3 Å². The van der Waals surface area contributed by atoms with E-state index in [2.05, 4.69) is 15.2 Å². The molecule has 4 rings (SSSR count). The maximum absolute atomic E-state index is 12.4. The highest BCUT2D eigenvalue weighted by Crippen LogP contribution is 2.20. The molecule has 0 N–H and O–H groups in total.